The first-order valence-corrected chi connectivity index (χ1v) is 7.51. The Morgan fingerprint density at radius 1 is 1.35 bits per heavy atom. The highest BCUT2D eigenvalue weighted by molar-refractivity contribution is 7.71. The van der Waals surface area contributed by atoms with E-state index in [1.165, 1.54) is 5.56 Å². The minimum atomic E-state index is 0.767. The normalized spacial score (nSPS) is 16.9. The van der Waals surface area contributed by atoms with E-state index in [4.69, 9.17) is 17.0 Å². The van der Waals surface area contributed by atoms with Crippen LogP contribution in [0.5, 0.6) is 0 Å². The summed E-state index contributed by atoms with van der Waals surface area (Å²) in [7, 11) is 0. The molecule has 0 aliphatic carbocycles. The number of nitrogens with zero attached hydrogens (tertiary/aromatic N) is 3. The van der Waals surface area contributed by atoms with Crippen LogP contribution in [0.25, 0.3) is 11.2 Å². The largest absolute Gasteiger partial charge is 0.379 e. The van der Waals surface area contributed by atoms with Gasteiger partial charge in [-0.15, -0.1) is 0 Å². The molecule has 1 aliphatic rings. The first kappa shape index (κ1) is 13.7. The van der Waals surface area contributed by atoms with Crippen molar-refractivity contribution >= 4 is 23.4 Å². The van der Waals surface area contributed by atoms with E-state index in [1.807, 2.05) is 12.3 Å². The zero-order valence-corrected chi connectivity index (χ0v) is 12.6. The molecular weight excluding hydrogens is 272 g/mol. The van der Waals surface area contributed by atoms with Gasteiger partial charge in [0.1, 0.15) is 0 Å². The summed E-state index contributed by atoms with van der Waals surface area (Å²) in [4.78, 5) is 10.2. The quantitative estimate of drug-likeness (QED) is 0.877. The molecule has 1 aliphatic heterocycles. The summed E-state index contributed by atoms with van der Waals surface area (Å²) in [5.74, 6) is 0. The number of pyridine rings is 1. The molecule has 5 nitrogen and oxygen atoms in total. The van der Waals surface area contributed by atoms with E-state index < -0.39 is 0 Å². The molecule has 0 spiro atoms. The van der Waals surface area contributed by atoms with Crippen molar-refractivity contribution in [2.45, 2.75) is 19.9 Å². The summed E-state index contributed by atoms with van der Waals surface area (Å²) in [5, 5.41) is 0. The molecule has 0 amide bonds. The number of rotatable bonds is 4. The number of nitrogens with one attached hydrogen (secondary N) is 1. The first-order chi connectivity index (χ1) is 9.75. The summed E-state index contributed by atoms with van der Waals surface area (Å²) in [6.45, 7) is 7.86. The lowest BCUT2D eigenvalue weighted by Gasteiger charge is -2.26. The van der Waals surface area contributed by atoms with Crippen LogP contribution in [0.1, 0.15) is 12.0 Å². The minimum absolute atomic E-state index is 0.767. The van der Waals surface area contributed by atoms with E-state index >= 15 is 0 Å². The van der Waals surface area contributed by atoms with Crippen LogP contribution in [-0.2, 0) is 11.3 Å². The second kappa shape index (κ2) is 6.03. The monoisotopic (exact) mass is 292 g/mol. The molecule has 6 heteroatoms. The Balaban J connectivity index is 1.69. The Hall–Kier alpha value is -1.24. The molecule has 1 fully saturated rings. The average Bonchev–Trinajstić information content (AvgIpc) is 2.78. The topological polar surface area (TPSA) is 46.1 Å². The van der Waals surface area contributed by atoms with Crippen LogP contribution >= 0.6 is 12.2 Å². The molecule has 0 saturated carbocycles. The lowest BCUT2D eigenvalue weighted by molar-refractivity contribution is 0.0369. The Morgan fingerprint density at radius 3 is 2.95 bits per heavy atom. The number of fused-ring (bicyclic) bond motifs is 1. The second-order valence-electron chi connectivity index (χ2n) is 5.22. The van der Waals surface area contributed by atoms with Crippen LogP contribution in [0.3, 0.4) is 0 Å². The van der Waals surface area contributed by atoms with Crippen molar-refractivity contribution in [3.05, 3.63) is 22.6 Å². The number of hydrogen-bond donors (Lipinski definition) is 1. The van der Waals surface area contributed by atoms with Gasteiger partial charge in [0.05, 0.1) is 18.7 Å². The fraction of sp³-hybridized carbons (Fsp3) is 0.571. The van der Waals surface area contributed by atoms with Crippen LogP contribution in [0.4, 0.5) is 0 Å². The third-order valence-electron chi connectivity index (χ3n) is 3.83. The van der Waals surface area contributed by atoms with Crippen LogP contribution in [0.15, 0.2) is 12.3 Å². The first-order valence-electron chi connectivity index (χ1n) is 7.10. The lowest BCUT2D eigenvalue weighted by Crippen LogP contribution is -2.37. The summed E-state index contributed by atoms with van der Waals surface area (Å²) < 4.78 is 8.24. The maximum atomic E-state index is 5.42. The van der Waals surface area contributed by atoms with Crippen LogP contribution in [0, 0.1) is 11.7 Å². The standard InChI is InChI=1S/C14H20N4OS/c1-11-3-4-15-13-12(11)16-14(20)18(13)6-2-5-17-7-9-19-10-8-17/h3-4H,2,5-10H2,1H3,(H,16,20). The van der Waals surface area contributed by atoms with Gasteiger partial charge in [-0.25, -0.2) is 4.98 Å². The van der Waals surface area contributed by atoms with Gasteiger partial charge in [-0.2, -0.15) is 0 Å². The zero-order chi connectivity index (χ0) is 13.9. The SMILES string of the molecule is Cc1ccnc2c1[nH]c(=S)n2CCCN1CCOCC1. The van der Waals surface area contributed by atoms with Crippen molar-refractivity contribution in [1.82, 2.24) is 19.4 Å². The van der Waals surface area contributed by atoms with E-state index in [1.54, 1.807) is 0 Å². The Labute approximate surface area is 123 Å². The van der Waals surface area contributed by atoms with Gasteiger partial charge in [-0.05, 0) is 37.2 Å². The third-order valence-corrected chi connectivity index (χ3v) is 4.15. The van der Waals surface area contributed by atoms with Gasteiger partial charge in [0.2, 0.25) is 0 Å². The summed E-state index contributed by atoms with van der Waals surface area (Å²) in [6, 6.07) is 2.01. The summed E-state index contributed by atoms with van der Waals surface area (Å²) in [6.07, 6.45) is 2.93. The highest BCUT2D eigenvalue weighted by Gasteiger charge is 2.11. The number of hydrogen-bond acceptors (Lipinski definition) is 4. The van der Waals surface area contributed by atoms with E-state index in [0.717, 1.165) is 61.7 Å². The van der Waals surface area contributed by atoms with Crippen molar-refractivity contribution < 1.29 is 4.74 Å². The number of aromatic nitrogens is 3. The summed E-state index contributed by atoms with van der Waals surface area (Å²) >= 11 is 5.42. The fourth-order valence-electron chi connectivity index (χ4n) is 2.66. The lowest BCUT2D eigenvalue weighted by atomic mass is 10.3. The van der Waals surface area contributed by atoms with Gasteiger partial charge >= 0.3 is 0 Å². The molecule has 0 radical (unpaired) electrons. The molecule has 0 atom stereocenters. The Kier molecular flexibility index (Phi) is 4.14. The maximum absolute atomic E-state index is 5.42. The molecule has 1 N–H and O–H groups in total. The number of H-pyrrole nitrogens is 1. The zero-order valence-electron chi connectivity index (χ0n) is 11.8. The Morgan fingerprint density at radius 2 is 2.15 bits per heavy atom. The molecule has 1 saturated heterocycles. The van der Waals surface area contributed by atoms with Gasteiger partial charge in [0.25, 0.3) is 0 Å². The number of aromatic amines is 1. The predicted octanol–water partition coefficient (Wildman–Crippen LogP) is 2.12. The summed E-state index contributed by atoms with van der Waals surface area (Å²) in [5.41, 5.74) is 3.22. The molecule has 108 valence electrons. The van der Waals surface area contributed by atoms with Crippen molar-refractivity contribution in [2.24, 2.45) is 0 Å². The highest BCUT2D eigenvalue weighted by atomic mass is 32.1. The van der Waals surface area contributed by atoms with Crippen LogP contribution in [0.2, 0.25) is 0 Å². The van der Waals surface area contributed by atoms with E-state index in [-0.39, 0.29) is 0 Å². The number of morpholine rings is 1. The van der Waals surface area contributed by atoms with Crippen LogP contribution in [-0.4, -0.2) is 52.3 Å². The maximum Gasteiger partial charge on any atom is 0.179 e. The van der Waals surface area contributed by atoms with Crippen molar-refractivity contribution in [2.75, 3.05) is 32.8 Å². The van der Waals surface area contributed by atoms with E-state index in [0.29, 0.717) is 0 Å². The molecule has 0 unspecified atom stereocenters. The smallest absolute Gasteiger partial charge is 0.179 e. The molecule has 0 aromatic carbocycles. The van der Waals surface area contributed by atoms with Gasteiger partial charge in [0.15, 0.2) is 10.4 Å². The van der Waals surface area contributed by atoms with Gasteiger partial charge < -0.3 is 14.3 Å². The van der Waals surface area contributed by atoms with Gasteiger partial charge in [-0.1, -0.05) is 0 Å². The average molecular weight is 292 g/mol. The highest BCUT2D eigenvalue weighted by Crippen LogP contribution is 2.15. The van der Waals surface area contributed by atoms with Crippen LogP contribution < -0.4 is 0 Å². The van der Waals surface area contributed by atoms with E-state index in [9.17, 15) is 0 Å². The predicted molar refractivity (Wildman–Crippen MR) is 81.5 cm³/mol. The molecule has 20 heavy (non-hydrogen) atoms. The van der Waals surface area contributed by atoms with Crippen molar-refractivity contribution in [1.29, 1.82) is 0 Å². The molecular formula is C14H20N4OS. The van der Waals surface area contributed by atoms with Crippen molar-refractivity contribution in [3.63, 3.8) is 0 Å². The van der Waals surface area contributed by atoms with Gasteiger partial charge in [0, 0.05) is 32.4 Å². The molecule has 2 aromatic heterocycles. The molecule has 0 bridgehead atoms. The molecule has 2 aromatic rings. The number of imidazole rings is 1. The fourth-order valence-corrected chi connectivity index (χ4v) is 2.94. The molecule has 3 rings (SSSR count). The van der Waals surface area contributed by atoms with E-state index in [2.05, 4.69) is 26.4 Å². The van der Waals surface area contributed by atoms with Crippen molar-refractivity contribution in [3.8, 4) is 0 Å². The Bertz CT molecular complexity index is 642. The molecule has 3 heterocycles. The third kappa shape index (κ3) is 2.77. The number of ether oxygens (including phenoxy) is 1. The minimum Gasteiger partial charge on any atom is -0.379 e. The number of aryl methyl sites for hydroxylation is 2. The van der Waals surface area contributed by atoms with Gasteiger partial charge in [-0.3, -0.25) is 4.90 Å². The second-order valence-corrected chi connectivity index (χ2v) is 5.60.